The maximum absolute atomic E-state index is 11.8. The van der Waals surface area contributed by atoms with Gasteiger partial charge in [-0.1, -0.05) is 12.8 Å². The Kier molecular flexibility index (Phi) is 4.09. The van der Waals surface area contributed by atoms with Crippen molar-refractivity contribution < 1.29 is 14.7 Å². The Labute approximate surface area is 107 Å². The molecule has 0 bridgehead atoms. The van der Waals surface area contributed by atoms with Crippen LogP contribution in [0.1, 0.15) is 45.4 Å². The van der Waals surface area contributed by atoms with Gasteiger partial charge in [0.05, 0.1) is 5.92 Å². The van der Waals surface area contributed by atoms with Gasteiger partial charge >= 0.3 is 12.0 Å². The Balaban J connectivity index is 1.77. The van der Waals surface area contributed by atoms with Crippen LogP contribution in [0.2, 0.25) is 0 Å². The molecule has 0 aliphatic heterocycles. The molecule has 0 aromatic heterocycles. The Morgan fingerprint density at radius 1 is 1.17 bits per heavy atom. The zero-order valence-corrected chi connectivity index (χ0v) is 10.8. The van der Waals surface area contributed by atoms with E-state index in [1.807, 2.05) is 6.92 Å². The largest absolute Gasteiger partial charge is 0.481 e. The smallest absolute Gasteiger partial charge is 0.315 e. The Hall–Kier alpha value is -1.26. The molecular weight excluding hydrogens is 232 g/mol. The van der Waals surface area contributed by atoms with E-state index in [0.29, 0.717) is 12.3 Å². The molecule has 0 radical (unpaired) electrons. The molecule has 2 fully saturated rings. The first-order valence-electron chi connectivity index (χ1n) is 6.87. The topological polar surface area (TPSA) is 78.4 Å². The van der Waals surface area contributed by atoms with Crippen molar-refractivity contribution in [3.8, 4) is 0 Å². The summed E-state index contributed by atoms with van der Waals surface area (Å²) in [7, 11) is 0. The van der Waals surface area contributed by atoms with Crippen molar-refractivity contribution in [1.82, 2.24) is 10.6 Å². The van der Waals surface area contributed by atoms with Crippen LogP contribution in [0.5, 0.6) is 0 Å². The number of carboxylic acids is 1. The minimum Gasteiger partial charge on any atom is -0.481 e. The van der Waals surface area contributed by atoms with Crippen molar-refractivity contribution in [3.05, 3.63) is 0 Å². The van der Waals surface area contributed by atoms with E-state index in [1.54, 1.807) is 0 Å². The van der Waals surface area contributed by atoms with Crippen LogP contribution in [0.4, 0.5) is 4.79 Å². The lowest BCUT2D eigenvalue weighted by Crippen LogP contribution is -2.50. The highest BCUT2D eigenvalue weighted by Gasteiger charge is 2.34. The number of hydrogen-bond acceptors (Lipinski definition) is 2. The van der Waals surface area contributed by atoms with Gasteiger partial charge in [0.1, 0.15) is 0 Å². The summed E-state index contributed by atoms with van der Waals surface area (Å²) in [5.41, 5.74) is 0. The Morgan fingerprint density at radius 2 is 1.83 bits per heavy atom. The summed E-state index contributed by atoms with van der Waals surface area (Å²) < 4.78 is 0. The minimum atomic E-state index is -0.801. The van der Waals surface area contributed by atoms with E-state index in [4.69, 9.17) is 5.11 Å². The lowest BCUT2D eigenvalue weighted by Gasteiger charge is -2.32. The molecule has 0 spiro atoms. The summed E-state index contributed by atoms with van der Waals surface area (Å²) >= 11 is 0. The summed E-state index contributed by atoms with van der Waals surface area (Å²) in [5.74, 6) is -0.630. The van der Waals surface area contributed by atoms with Gasteiger partial charge in [0, 0.05) is 12.1 Å². The molecule has 2 rings (SSSR count). The summed E-state index contributed by atoms with van der Waals surface area (Å²) in [6.45, 7) is 2.02. The molecule has 102 valence electrons. The van der Waals surface area contributed by atoms with Crippen LogP contribution < -0.4 is 10.6 Å². The van der Waals surface area contributed by atoms with E-state index in [-0.39, 0.29) is 18.1 Å². The maximum atomic E-state index is 11.8. The standard InChI is InChI=1S/C13H22N2O3/c1-8(9-4-2-5-9)14-13(18)15-11-7-3-6-10(11)12(16)17/h8-11H,2-7H2,1H3,(H,16,17)(H2,14,15,18). The van der Waals surface area contributed by atoms with Gasteiger partial charge in [-0.25, -0.2) is 4.79 Å². The molecule has 3 unspecified atom stereocenters. The number of carbonyl (C=O) groups excluding carboxylic acids is 1. The van der Waals surface area contributed by atoms with Crippen LogP contribution in [0, 0.1) is 11.8 Å². The molecule has 0 heterocycles. The van der Waals surface area contributed by atoms with E-state index in [2.05, 4.69) is 10.6 Å². The van der Waals surface area contributed by atoms with Crippen LogP contribution in [-0.4, -0.2) is 29.2 Å². The van der Waals surface area contributed by atoms with Crippen molar-refractivity contribution in [1.29, 1.82) is 0 Å². The lowest BCUT2D eigenvalue weighted by atomic mass is 9.80. The van der Waals surface area contributed by atoms with Crippen LogP contribution in [0.25, 0.3) is 0 Å². The van der Waals surface area contributed by atoms with E-state index in [0.717, 1.165) is 12.8 Å². The van der Waals surface area contributed by atoms with Gasteiger partial charge in [0.25, 0.3) is 0 Å². The molecule has 2 amide bonds. The van der Waals surface area contributed by atoms with Crippen molar-refractivity contribution in [3.63, 3.8) is 0 Å². The predicted octanol–water partition coefficient (Wildman–Crippen LogP) is 1.73. The number of nitrogens with one attached hydrogen (secondary N) is 2. The SMILES string of the molecule is CC(NC(=O)NC1CCCC1C(=O)O)C1CCC1. The summed E-state index contributed by atoms with van der Waals surface area (Å²) in [5, 5.41) is 14.8. The molecule has 3 atom stereocenters. The molecule has 5 heteroatoms. The molecule has 0 saturated heterocycles. The van der Waals surface area contributed by atoms with E-state index in [1.165, 1.54) is 19.3 Å². The molecule has 0 aromatic rings. The third-order valence-electron chi connectivity index (χ3n) is 4.37. The lowest BCUT2D eigenvalue weighted by molar-refractivity contribution is -0.142. The highest BCUT2D eigenvalue weighted by atomic mass is 16.4. The highest BCUT2D eigenvalue weighted by molar-refractivity contribution is 5.77. The number of carboxylic acid groups (broad SMARTS) is 1. The molecule has 5 nitrogen and oxygen atoms in total. The number of urea groups is 1. The second-order valence-electron chi connectivity index (χ2n) is 5.58. The van der Waals surface area contributed by atoms with Gasteiger partial charge in [-0.15, -0.1) is 0 Å². The van der Waals surface area contributed by atoms with Crippen molar-refractivity contribution in [2.24, 2.45) is 11.8 Å². The summed E-state index contributed by atoms with van der Waals surface area (Å²) in [6.07, 6.45) is 5.92. The van der Waals surface area contributed by atoms with E-state index < -0.39 is 11.9 Å². The fourth-order valence-electron chi connectivity index (χ4n) is 2.90. The van der Waals surface area contributed by atoms with Crippen LogP contribution in [0.3, 0.4) is 0 Å². The number of rotatable bonds is 4. The molecule has 2 saturated carbocycles. The van der Waals surface area contributed by atoms with Crippen molar-refractivity contribution >= 4 is 12.0 Å². The fraction of sp³-hybridized carbons (Fsp3) is 0.846. The van der Waals surface area contributed by atoms with Gasteiger partial charge in [0.2, 0.25) is 0 Å². The monoisotopic (exact) mass is 254 g/mol. The zero-order chi connectivity index (χ0) is 13.1. The zero-order valence-electron chi connectivity index (χ0n) is 10.8. The fourth-order valence-corrected chi connectivity index (χ4v) is 2.90. The number of amides is 2. The summed E-state index contributed by atoms with van der Waals surface area (Å²) in [6, 6.07) is -0.243. The molecule has 2 aliphatic rings. The first-order valence-corrected chi connectivity index (χ1v) is 6.87. The predicted molar refractivity (Wildman–Crippen MR) is 67.2 cm³/mol. The first kappa shape index (κ1) is 13.2. The average molecular weight is 254 g/mol. The van der Waals surface area contributed by atoms with Gasteiger partial charge in [-0.05, 0) is 38.5 Å². The Bertz CT molecular complexity index is 328. The van der Waals surface area contributed by atoms with Gasteiger partial charge in [-0.3, -0.25) is 4.79 Å². The van der Waals surface area contributed by atoms with Gasteiger partial charge in [0.15, 0.2) is 0 Å². The third kappa shape index (κ3) is 2.94. The van der Waals surface area contributed by atoms with Crippen molar-refractivity contribution in [2.45, 2.75) is 57.5 Å². The van der Waals surface area contributed by atoms with Gasteiger partial charge in [-0.2, -0.15) is 0 Å². The number of hydrogen-bond donors (Lipinski definition) is 3. The quantitative estimate of drug-likeness (QED) is 0.715. The molecule has 2 aliphatic carbocycles. The van der Waals surface area contributed by atoms with Crippen LogP contribution in [0.15, 0.2) is 0 Å². The normalized spacial score (nSPS) is 29.4. The minimum absolute atomic E-state index is 0.184. The molecule has 3 N–H and O–H groups in total. The van der Waals surface area contributed by atoms with Crippen molar-refractivity contribution in [2.75, 3.05) is 0 Å². The highest BCUT2D eigenvalue weighted by Crippen LogP contribution is 2.29. The first-order chi connectivity index (χ1) is 8.58. The number of carbonyl (C=O) groups is 2. The van der Waals surface area contributed by atoms with Crippen LogP contribution in [-0.2, 0) is 4.79 Å². The maximum Gasteiger partial charge on any atom is 0.315 e. The summed E-state index contributed by atoms with van der Waals surface area (Å²) in [4.78, 5) is 22.8. The van der Waals surface area contributed by atoms with Gasteiger partial charge < -0.3 is 15.7 Å². The second kappa shape index (κ2) is 5.59. The molecule has 18 heavy (non-hydrogen) atoms. The van der Waals surface area contributed by atoms with E-state index >= 15 is 0 Å². The van der Waals surface area contributed by atoms with Crippen LogP contribution >= 0.6 is 0 Å². The average Bonchev–Trinajstić information content (AvgIpc) is 2.62. The molecular formula is C13H22N2O3. The third-order valence-corrected chi connectivity index (χ3v) is 4.37. The van der Waals surface area contributed by atoms with E-state index in [9.17, 15) is 9.59 Å². The number of aliphatic carboxylic acids is 1. The Morgan fingerprint density at radius 3 is 2.39 bits per heavy atom. The second-order valence-corrected chi connectivity index (χ2v) is 5.58. The molecule has 0 aromatic carbocycles.